The average molecular weight is 262 g/mol. The van der Waals surface area contributed by atoms with Crippen LogP contribution in [0.25, 0.3) is 0 Å². The molecule has 1 heterocycles. The number of nitrogens with one attached hydrogen (secondary N) is 1. The van der Waals surface area contributed by atoms with Crippen LogP contribution in [0.15, 0.2) is 18.2 Å². The molecule has 2 rings (SSSR count). The number of piperidine rings is 1. The molecule has 0 spiro atoms. The Kier molecular flexibility index (Phi) is 4.04. The van der Waals surface area contributed by atoms with Crippen LogP contribution in [0.5, 0.6) is 0 Å². The molecule has 1 aromatic carbocycles. The number of carbonyl (C=O) groups is 2. The fraction of sp³-hybridized carbons (Fsp3) is 0.429. The van der Waals surface area contributed by atoms with Crippen molar-refractivity contribution in [1.29, 1.82) is 0 Å². The summed E-state index contributed by atoms with van der Waals surface area (Å²) in [4.78, 5) is 23.9. The Hall–Kier alpha value is -2.04. The van der Waals surface area contributed by atoms with Crippen molar-refractivity contribution < 1.29 is 14.7 Å². The van der Waals surface area contributed by atoms with Gasteiger partial charge in [-0.05, 0) is 37.0 Å². The van der Waals surface area contributed by atoms with E-state index >= 15 is 0 Å². The summed E-state index contributed by atoms with van der Waals surface area (Å²) in [5.41, 5.74) is 1.47. The van der Waals surface area contributed by atoms with Crippen molar-refractivity contribution in [2.75, 3.05) is 23.3 Å². The van der Waals surface area contributed by atoms with Crippen molar-refractivity contribution in [3.8, 4) is 0 Å². The molecule has 1 amide bonds. The van der Waals surface area contributed by atoms with E-state index in [-0.39, 0.29) is 5.56 Å². The number of amides is 1. The zero-order valence-corrected chi connectivity index (χ0v) is 10.9. The lowest BCUT2D eigenvalue weighted by atomic mass is 9.98. The number of nitrogens with zero attached hydrogens (tertiary/aromatic N) is 1. The minimum absolute atomic E-state index is 0.237. The number of hydrogen-bond acceptors (Lipinski definition) is 3. The van der Waals surface area contributed by atoms with Gasteiger partial charge in [0.25, 0.3) is 0 Å². The standard InChI is InChI=1S/C14H18N2O3/c1-10-3-2-6-16(8-10)13-5-4-11(15-9-17)7-12(13)14(18)19/h4-5,7,9-10H,2-3,6,8H2,1H3,(H,15,17)(H,18,19). The molecule has 1 aromatic rings. The summed E-state index contributed by atoms with van der Waals surface area (Å²) in [7, 11) is 0. The molecule has 0 saturated carbocycles. The average Bonchev–Trinajstić information content (AvgIpc) is 2.39. The number of anilines is 2. The monoisotopic (exact) mass is 262 g/mol. The summed E-state index contributed by atoms with van der Waals surface area (Å²) in [6.07, 6.45) is 2.81. The maximum Gasteiger partial charge on any atom is 0.337 e. The van der Waals surface area contributed by atoms with Crippen LogP contribution in [0.1, 0.15) is 30.1 Å². The third kappa shape index (κ3) is 3.05. The van der Waals surface area contributed by atoms with Gasteiger partial charge in [-0.2, -0.15) is 0 Å². The van der Waals surface area contributed by atoms with Gasteiger partial charge in [-0.3, -0.25) is 4.79 Å². The second-order valence-electron chi connectivity index (χ2n) is 4.99. The first-order valence-corrected chi connectivity index (χ1v) is 6.44. The first-order chi connectivity index (χ1) is 9.11. The van der Waals surface area contributed by atoms with E-state index in [0.29, 0.717) is 18.0 Å². The van der Waals surface area contributed by atoms with Crippen LogP contribution in [0.3, 0.4) is 0 Å². The highest BCUT2D eigenvalue weighted by atomic mass is 16.4. The van der Waals surface area contributed by atoms with Crippen LogP contribution < -0.4 is 10.2 Å². The van der Waals surface area contributed by atoms with E-state index in [1.807, 2.05) is 0 Å². The van der Waals surface area contributed by atoms with E-state index in [2.05, 4.69) is 17.1 Å². The predicted octanol–water partition coefficient (Wildman–Crippen LogP) is 2.19. The van der Waals surface area contributed by atoms with E-state index in [1.54, 1.807) is 12.1 Å². The molecule has 1 atom stereocenters. The topological polar surface area (TPSA) is 69.6 Å². The normalized spacial score (nSPS) is 19.0. The fourth-order valence-electron chi connectivity index (χ4n) is 2.55. The molecule has 0 aliphatic carbocycles. The maximum absolute atomic E-state index is 11.4. The lowest BCUT2D eigenvalue weighted by Gasteiger charge is -2.33. The van der Waals surface area contributed by atoms with E-state index in [4.69, 9.17) is 0 Å². The number of rotatable bonds is 4. The third-order valence-corrected chi connectivity index (χ3v) is 3.45. The Morgan fingerprint density at radius 3 is 2.95 bits per heavy atom. The highest BCUT2D eigenvalue weighted by Crippen LogP contribution is 2.28. The van der Waals surface area contributed by atoms with Gasteiger partial charge in [0.2, 0.25) is 6.41 Å². The first-order valence-electron chi connectivity index (χ1n) is 6.44. The van der Waals surface area contributed by atoms with Gasteiger partial charge < -0.3 is 15.3 Å². The van der Waals surface area contributed by atoms with E-state index in [9.17, 15) is 14.7 Å². The molecular formula is C14H18N2O3. The second-order valence-corrected chi connectivity index (χ2v) is 4.99. The summed E-state index contributed by atoms with van der Waals surface area (Å²) in [5, 5.41) is 11.8. The SMILES string of the molecule is CC1CCCN(c2ccc(NC=O)cc2C(=O)O)C1. The second kappa shape index (κ2) is 5.73. The Balaban J connectivity index is 2.33. The van der Waals surface area contributed by atoms with Crippen LogP contribution in [0.4, 0.5) is 11.4 Å². The van der Waals surface area contributed by atoms with Crippen LogP contribution in [0, 0.1) is 5.92 Å². The molecule has 5 nitrogen and oxygen atoms in total. The Labute approximate surface area is 112 Å². The van der Waals surface area contributed by atoms with Gasteiger partial charge in [0.1, 0.15) is 0 Å². The zero-order chi connectivity index (χ0) is 13.8. The summed E-state index contributed by atoms with van der Waals surface area (Å²) in [6.45, 7) is 3.93. The third-order valence-electron chi connectivity index (χ3n) is 3.45. The fourth-order valence-corrected chi connectivity index (χ4v) is 2.55. The van der Waals surface area contributed by atoms with Crippen molar-refractivity contribution in [2.24, 2.45) is 5.92 Å². The van der Waals surface area contributed by atoms with Gasteiger partial charge >= 0.3 is 5.97 Å². The van der Waals surface area contributed by atoms with Gasteiger partial charge in [-0.25, -0.2) is 4.79 Å². The first kappa shape index (κ1) is 13.4. The lowest BCUT2D eigenvalue weighted by Crippen LogP contribution is -2.35. The summed E-state index contributed by atoms with van der Waals surface area (Å²) in [5.74, 6) is -0.397. The lowest BCUT2D eigenvalue weighted by molar-refractivity contribution is -0.105. The minimum Gasteiger partial charge on any atom is -0.478 e. The molecule has 0 bridgehead atoms. The van der Waals surface area contributed by atoms with Crippen LogP contribution in [-0.4, -0.2) is 30.6 Å². The molecule has 1 aliphatic heterocycles. The largest absolute Gasteiger partial charge is 0.478 e. The number of aromatic carboxylic acids is 1. The van der Waals surface area contributed by atoms with Crippen molar-refractivity contribution in [2.45, 2.75) is 19.8 Å². The van der Waals surface area contributed by atoms with Crippen molar-refractivity contribution in [1.82, 2.24) is 0 Å². The number of benzene rings is 1. The summed E-state index contributed by atoms with van der Waals surface area (Å²) >= 11 is 0. The van der Waals surface area contributed by atoms with Gasteiger partial charge in [0.15, 0.2) is 0 Å². The van der Waals surface area contributed by atoms with Crippen molar-refractivity contribution >= 4 is 23.8 Å². The smallest absolute Gasteiger partial charge is 0.337 e. The highest BCUT2D eigenvalue weighted by molar-refractivity contribution is 5.96. The molecule has 5 heteroatoms. The van der Waals surface area contributed by atoms with Crippen molar-refractivity contribution in [3.63, 3.8) is 0 Å². The van der Waals surface area contributed by atoms with Gasteiger partial charge in [0.05, 0.1) is 11.3 Å². The minimum atomic E-state index is -0.970. The number of carboxylic acid groups (broad SMARTS) is 1. The van der Waals surface area contributed by atoms with Crippen LogP contribution in [-0.2, 0) is 4.79 Å². The van der Waals surface area contributed by atoms with Crippen LogP contribution in [0.2, 0.25) is 0 Å². The Morgan fingerprint density at radius 2 is 2.32 bits per heavy atom. The number of carbonyl (C=O) groups excluding carboxylic acids is 1. The molecule has 1 unspecified atom stereocenters. The molecule has 1 saturated heterocycles. The van der Waals surface area contributed by atoms with Gasteiger partial charge in [-0.15, -0.1) is 0 Å². The molecule has 102 valence electrons. The molecule has 1 fully saturated rings. The van der Waals surface area contributed by atoms with E-state index < -0.39 is 5.97 Å². The predicted molar refractivity (Wildman–Crippen MR) is 73.7 cm³/mol. The van der Waals surface area contributed by atoms with Crippen molar-refractivity contribution in [3.05, 3.63) is 23.8 Å². The Bertz CT molecular complexity index is 488. The van der Waals surface area contributed by atoms with Crippen LogP contribution >= 0.6 is 0 Å². The number of carboxylic acids is 1. The van der Waals surface area contributed by atoms with Gasteiger partial charge in [-0.1, -0.05) is 6.92 Å². The summed E-state index contributed by atoms with van der Waals surface area (Å²) < 4.78 is 0. The van der Waals surface area contributed by atoms with E-state index in [1.165, 1.54) is 12.5 Å². The quantitative estimate of drug-likeness (QED) is 0.816. The molecule has 1 aliphatic rings. The number of hydrogen-bond donors (Lipinski definition) is 2. The maximum atomic E-state index is 11.4. The molecule has 0 aromatic heterocycles. The highest BCUT2D eigenvalue weighted by Gasteiger charge is 2.21. The molecule has 2 N–H and O–H groups in total. The zero-order valence-electron chi connectivity index (χ0n) is 10.9. The van der Waals surface area contributed by atoms with Gasteiger partial charge in [0, 0.05) is 18.8 Å². The van der Waals surface area contributed by atoms with E-state index in [0.717, 1.165) is 25.2 Å². The summed E-state index contributed by atoms with van der Waals surface area (Å²) in [6, 6.07) is 5.01. The molecule has 19 heavy (non-hydrogen) atoms. The molecular weight excluding hydrogens is 244 g/mol. The Morgan fingerprint density at radius 1 is 1.53 bits per heavy atom. The molecule has 0 radical (unpaired) electrons.